The maximum Gasteiger partial charge on any atom is 0.410 e. The van der Waals surface area contributed by atoms with Gasteiger partial charge in [0.15, 0.2) is 0 Å². The highest BCUT2D eigenvalue weighted by Gasteiger charge is 2.31. The smallest absolute Gasteiger partial charge is 0.410 e. The van der Waals surface area contributed by atoms with Crippen LogP contribution in [0.3, 0.4) is 0 Å². The van der Waals surface area contributed by atoms with Crippen molar-refractivity contribution in [3.8, 4) is 0 Å². The Morgan fingerprint density at radius 2 is 2.04 bits per heavy atom. The molecule has 8 heteroatoms. The van der Waals surface area contributed by atoms with E-state index in [1.807, 2.05) is 20.8 Å². The average Bonchev–Trinajstić information content (AvgIpc) is 2.89. The molecule has 2 aliphatic heterocycles. The molecular weight excluding hydrogens is 314 g/mol. The number of piperidine rings is 1. The van der Waals surface area contributed by atoms with Crippen LogP contribution in [-0.4, -0.2) is 60.4 Å². The van der Waals surface area contributed by atoms with Gasteiger partial charge in [-0.2, -0.15) is 0 Å². The monoisotopic (exact) mass is 341 g/mol. The first kappa shape index (κ1) is 18.4. The Morgan fingerprint density at radius 3 is 2.67 bits per heavy atom. The Balaban J connectivity index is 1.83. The molecule has 0 aliphatic carbocycles. The zero-order chi connectivity index (χ0) is 17.7. The fourth-order valence-electron chi connectivity index (χ4n) is 2.82. The van der Waals surface area contributed by atoms with E-state index >= 15 is 0 Å². The Kier molecular flexibility index (Phi) is 5.90. The van der Waals surface area contributed by atoms with Gasteiger partial charge in [-0.3, -0.25) is 0 Å². The Labute approximate surface area is 142 Å². The zero-order valence-electron chi connectivity index (χ0n) is 14.6. The predicted molar refractivity (Wildman–Crippen MR) is 86.5 cm³/mol. The van der Waals surface area contributed by atoms with E-state index in [1.54, 1.807) is 4.90 Å². The summed E-state index contributed by atoms with van der Waals surface area (Å²) in [5.41, 5.74) is -0.549. The third kappa shape index (κ3) is 5.28. The van der Waals surface area contributed by atoms with Gasteiger partial charge in [0.1, 0.15) is 11.6 Å². The Bertz CT molecular complexity index is 489. The first-order valence-corrected chi connectivity index (χ1v) is 8.47. The number of hydrogen-bond acceptors (Lipinski definition) is 5. The molecule has 8 nitrogen and oxygen atoms in total. The molecule has 2 rings (SSSR count). The lowest BCUT2D eigenvalue weighted by molar-refractivity contribution is -0.139. The van der Waals surface area contributed by atoms with Gasteiger partial charge in [-0.1, -0.05) is 0 Å². The van der Waals surface area contributed by atoms with Crippen LogP contribution in [0.25, 0.3) is 0 Å². The standard InChI is InChI=1S/C16H27N3O5/c1-16(2,3)24-15(22)19-8-5-4-6-11(19)10-17-14(21)18-12-7-9-23-13(12)20/h11-12H,4-10H2,1-3H3,(H2,17,18,21)/t11?,12-/m0/s1. The van der Waals surface area contributed by atoms with Gasteiger partial charge in [-0.25, -0.2) is 14.4 Å². The minimum Gasteiger partial charge on any atom is -0.464 e. The summed E-state index contributed by atoms with van der Waals surface area (Å²) in [4.78, 5) is 37.3. The molecule has 0 aromatic heterocycles. The summed E-state index contributed by atoms with van der Waals surface area (Å²) >= 11 is 0. The maximum absolute atomic E-state index is 12.3. The van der Waals surface area contributed by atoms with Gasteiger partial charge in [-0.15, -0.1) is 0 Å². The molecule has 2 heterocycles. The summed E-state index contributed by atoms with van der Waals surface area (Å²) in [6.45, 7) is 6.77. The lowest BCUT2D eigenvalue weighted by Crippen LogP contribution is -2.53. The molecule has 0 aromatic carbocycles. The predicted octanol–water partition coefficient (Wildman–Crippen LogP) is 1.39. The van der Waals surface area contributed by atoms with Gasteiger partial charge in [0.25, 0.3) is 0 Å². The highest BCUT2D eigenvalue weighted by atomic mass is 16.6. The number of rotatable bonds is 3. The third-order valence-electron chi connectivity index (χ3n) is 3.99. The van der Waals surface area contributed by atoms with Crippen molar-refractivity contribution in [2.24, 2.45) is 0 Å². The second kappa shape index (κ2) is 7.72. The number of esters is 1. The van der Waals surface area contributed by atoms with Crippen LogP contribution < -0.4 is 10.6 Å². The number of urea groups is 1. The van der Waals surface area contributed by atoms with E-state index in [9.17, 15) is 14.4 Å². The number of carbonyl (C=O) groups is 3. The quantitative estimate of drug-likeness (QED) is 0.756. The molecule has 2 fully saturated rings. The van der Waals surface area contributed by atoms with Crippen LogP contribution in [0.15, 0.2) is 0 Å². The van der Waals surface area contributed by atoms with Gasteiger partial charge in [0.05, 0.1) is 12.6 Å². The van der Waals surface area contributed by atoms with Crippen molar-refractivity contribution in [2.75, 3.05) is 19.7 Å². The number of amides is 3. The third-order valence-corrected chi connectivity index (χ3v) is 3.99. The summed E-state index contributed by atoms with van der Waals surface area (Å²) in [6, 6.07) is -1.11. The highest BCUT2D eigenvalue weighted by Crippen LogP contribution is 2.20. The minimum atomic E-state index is -0.585. The van der Waals surface area contributed by atoms with Crippen LogP contribution >= 0.6 is 0 Å². The molecule has 2 saturated heterocycles. The van der Waals surface area contributed by atoms with Crippen LogP contribution in [0, 0.1) is 0 Å². The van der Waals surface area contributed by atoms with E-state index in [0.29, 0.717) is 26.1 Å². The molecule has 0 radical (unpaired) electrons. The number of ether oxygens (including phenoxy) is 2. The van der Waals surface area contributed by atoms with Gasteiger partial charge in [0.2, 0.25) is 0 Å². The fourth-order valence-corrected chi connectivity index (χ4v) is 2.82. The number of hydrogen-bond donors (Lipinski definition) is 2. The van der Waals surface area contributed by atoms with E-state index in [1.165, 1.54) is 0 Å². The Morgan fingerprint density at radius 1 is 1.29 bits per heavy atom. The highest BCUT2D eigenvalue weighted by molar-refractivity contribution is 5.84. The first-order chi connectivity index (χ1) is 11.3. The van der Waals surface area contributed by atoms with Crippen LogP contribution in [0.2, 0.25) is 0 Å². The minimum absolute atomic E-state index is 0.102. The van der Waals surface area contributed by atoms with Crippen molar-refractivity contribution in [1.82, 2.24) is 15.5 Å². The molecule has 3 amide bonds. The molecule has 2 N–H and O–H groups in total. The van der Waals surface area contributed by atoms with Gasteiger partial charge in [-0.05, 0) is 40.0 Å². The largest absolute Gasteiger partial charge is 0.464 e. The topological polar surface area (TPSA) is 97.0 Å². The SMILES string of the molecule is CC(C)(C)OC(=O)N1CCCCC1CNC(=O)N[C@H]1CCOC1=O. The lowest BCUT2D eigenvalue weighted by Gasteiger charge is -2.36. The van der Waals surface area contributed by atoms with Crippen LogP contribution in [0.4, 0.5) is 9.59 Å². The van der Waals surface area contributed by atoms with Gasteiger partial charge >= 0.3 is 18.1 Å². The summed E-state index contributed by atoms with van der Waals surface area (Å²) < 4.78 is 10.2. The normalized spacial score (nSPS) is 24.3. The van der Waals surface area contributed by atoms with E-state index in [2.05, 4.69) is 10.6 Å². The summed E-state index contributed by atoms with van der Waals surface area (Å²) in [6.07, 6.45) is 2.87. The maximum atomic E-state index is 12.3. The Hall–Kier alpha value is -1.99. The summed E-state index contributed by atoms with van der Waals surface area (Å²) in [5, 5.41) is 5.33. The van der Waals surface area contributed by atoms with E-state index < -0.39 is 23.6 Å². The molecule has 2 atom stereocenters. The lowest BCUT2D eigenvalue weighted by atomic mass is 10.0. The van der Waals surface area contributed by atoms with Crippen molar-refractivity contribution >= 4 is 18.1 Å². The zero-order valence-corrected chi connectivity index (χ0v) is 14.6. The van der Waals surface area contributed by atoms with Crippen molar-refractivity contribution in [2.45, 2.75) is 64.1 Å². The molecule has 0 saturated carbocycles. The van der Waals surface area contributed by atoms with Crippen molar-refractivity contribution in [3.63, 3.8) is 0 Å². The van der Waals surface area contributed by atoms with E-state index in [0.717, 1.165) is 19.3 Å². The van der Waals surface area contributed by atoms with Crippen LogP contribution in [0.1, 0.15) is 46.5 Å². The second-order valence-electron chi connectivity index (χ2n) is 7.19. The summed E-state index contributed by atoms with van der Waals surface area (Å²) in [5.74, 6) is -0.404. The fraction of sp³-hybridized carbons (Fsp3) is 0.812. The molecule has 0 aromatic rings. The number of likely N-dealkylation sites (tertiary alicyclic amines) is 1. The van der Waals surface area contributed by atoms with Gasteiger partial charge < -0.3 is 25.0 Å². The molecule has 136 valence electrons. The van der Waals surface area contributed by atoms with Crippen molar-refractivity contribution in [1.29, 1.82) is 0 Å². The van der Waals surface area contributed by atoms with Crippen LogP contribution in [0.5, 0.6) is 0 Å². The molecule has 1 unspecified atom stereocenters. The van der Waals surface area contributed by atoms with Gasteiger partial charge in [0, 0.05) is 19.5 Å². The molecule has 2 aliphatic rings. The second-order valence-corrected chi connectivity index (χ2v) is 7.19. The van der Waals surface area contributed by atoms with Crippen molar-refractivity contribution in [3.05, 3.63) is 0 Å². The average molecular weight is 341 g/mol. The first-order valence-electron chi connectivity index (χ1n) is 8.47. The summed E-state index contributed by atoms with van der Waals surface area (Å²) in [7, 11) is 0. The molecule has 0 spiro atoms. The number of cyclic esters (lactones) is 1. The van der Waals surface area contributed by atoms with E-state index in [-0.39, 0.29) is 12.1 Å². The number of carbonyl (C=O) groups excluding carboxylic acids is 3. The molecule has 24 heavy (non-hydrogen) atoms. The number of nitrogens with one attached hydrogen (secondary N) is 2. The van der Waals surface area contributed by atoms with Crippen LogP contribution in [-0.2, 0) is 14.3 Å². The van der Waals surface area contributed by atoms with Crippen molar-refractivity contribution < 1.29 is 23.9 Å². The van der Waals surface area contributed by atoms with E-state index in [4.69, 9.17) is 9.47 Å². The molecular formula is C16H27N3O5. The molecule has 0 bridgehead atoms. The number of nitrogens with zero attached hydrogens (tertiary/aromatic N) is 1.